The monoisotopic (exact) mass is 243 g/mol. The molecule has 1 amide bonds. The zero-order valence-electron chi connectivity index (χ0n) is 9.92. The molecule has 0 atom stereocenters. The molecule has 2 N–H and O–H groups in total. The molecule has 0 saturated carbocycles. The molecule has 92 valence electrons. The molecule has 18 heavy (non-hydrogen) atoms. The Kier molecular flexibility index (Phi) is 3.80. The van der Waals surface area contributed by atoms with E-state index in [2.05, 4.69) is 25.9 Å². The molecule has 2 rings (SSSR count). The summed E-state index contributed by atoms with van der Waals surface area (Å²) in [5, 5.41) is 16.4. The summed E-state index contributed by atoms with van der Waals surface area (Å²) in [4.78, 5) is 10.7. The van der Waals surface area contributed by atoms with E-state index in [0.717, 1.165) is 11.1 Å². The lowest BCUT2D eigenvalue weighted by atomic mass is 10.1. The summed E-state index contributed by atoms with van der Waals surface area (Å²) in [6, 6.07) is 7.75. The second kappa shape index (κ2) is 5.72. The predicted octanol–water partition coefficient (Wildman–Crippen LogP) is 1.02. The Hall–Kier alpha value is -2.50. The van der Waals surface area contributed by atoms with E-state index in [-0.39, 0.29) is 5.91 Å². The normalized spacial score (nSPS) is 10.7. The molecular formula is C12H13N5O. The van der Waals surface area contributed by atoms with Gasteiger partial charge in [-0.2, -0.15) is 5.21 Å². The number of aromatic nitrogens is 4. The van der Waals surface area contributed by atoms with Crippen molar-refractivity contribution in [1.29, 1.82) is 0 Å². The van der Waals surface area contributed by atoms with Crippen LogP contribution in [-0.2, 0) is 4.79 Å². The van der Waals surface area contributed by atoms with Crippen molar-refractivity contribution in [2.24, 2.45) is 0 Å². The Balaban J connectivity index is 1.98. The number of carbonyl (C=O) groups is 1. The second-order valence-electron chi connectivity index (χ2n) is 3.70. The third-order valence-corrected chi connectivity index (χ3v) is 2.29. The molecule has 0 fully saturated rings. The van der Waals surface area contributed by atoms with Gasteiger partial charge in [-0.3, -0.25) is 4.79 Å². The van der Waals surface area contributed by atoms with Gasteiger partial charge in [-0.25, -0.2) is 0 Å². The number of aromatic amines is 1. The smallest absolute Gasteiger partial charge is 0.217 e. The molecule has 6 heteroatoms. The minimum atomic E-state index is -0.0351. The summed E-state index contributed by atoms with van der Waals surface area (Å²) in [7, 11) is 0. The van der Waals surface area contributed by atoms with Gasteiger partial charge in [0.25, 0.3) is 0 Å². The fraction of sp³-hybridized carbons (Fsp3) is 0.167. The van der Waals surface area contributed by atoms with E-state index >= 15 is 0 Å². The van der Waals surface area contributed by atoms with E-state index in [9.17, 15) is 4.79 Å². The Morgan fingerprint density at radius 1 is 1.39 bits per heavy atom. The zero-order chi connectivity index (χ0) is 12.8. The lowest BCUT2D eigenvalue weighted by Crippen LogP contribution is -2.19. The van der Waals surface area contributed by atoms with Crippen molar-refractivity contribution in [3.8, 4) is 11.4 Å². The quantitative estimate of drug-likeness (QED) is 0.839. The highest BCUT2D eigenvalue weighted by molar-refractivity contribution is 5.73. The van der Waals surface area contributed by atoms with E-state index in [1.54, 1.807) is 0 Å². The number of hydrogen-bond donors (Lipinski definition) is 2. The van der Waals surface area contributed by atoms with Crippen molar-refractivity contribution in [1.82, 2.24) is 25.9 Å². The van der Waals surface area contributed by atoms with Crippen LogP contribution in [0.4, 0.5) is 0 Å². The van der Waals surface area contributed by atoms with E-state index in [1.807, 2.05) is 36.4 Å². The van der Waals surface area contributed by atoms with Crippen LogP contribution in [0.25, 0.3) is 17.5 Å². The summed E-state index contributed by atoms with van der Waals surface area (Å²) >= 11 is 0. The topological polar surface area (TPSA) is 83.6 Å². The third-order valence-electron chi connectivity index (χ3n) is 2.29. The molecule has 0 spiro atoms. The average Bonchev–Trinajstić information content (AvgIpc) is 2.89. The molecule has 1 aromatic carbocycles. The lowest BCUT2D eigenvalue weighted by molar-refractivity contribution is -0.118. The van der Waals surface area contributed by atoms with Gasteiger partial charge in [-0.15, -0.1) is 10.2 Å². The number of tetrazole rings is 1. The standard InChI is InChI=1S/C12H13N5O/c1-9(18)13-8-2-3-10-4-6-11(7-5-10)12-14-16-17-15-12/h2-7H,8H2,1H3,(H,13,18)(H,14,15,16,17). The van der Waals surface area contributed by atoms with Gasteiger partial charge in [-0.05, 0) is 10.8 Å². The molecule has 0 bridgehead atoms. The Morgan fingerprint density at radius 3 is 2.78 bits per heavy atom. The number of benzene rings is 1. The van der Waals surface area contributed by atoms with Crippen LogP contribution in [0.1, 0.15) is 12.5 Å². The van der Waals surface area contributed by atoms with E-state index in [4.69, 9.17) is 0 Å². The van der Waals surface area contributed by atoms with Gasteiger partial charge < -0.3 is 5.32 Å². The Bertz CT molecular complexity index is 530. The second-order valence-corrected chi connectivity index (χ2v) is 3.70. The maximum Gasteiger partial charge on any atom is 0.217 e. The zero-order valence-corrected chi connectivity index (χ0v) is 9.92. The average molecular weight is 243 g/mol. The molecule has 0 unspecified atom stereocenters. The minimum Gasteiger partial charge on any atom is -0.353 e. The van der Waals surface area contributed by atoms with Crippen molar-refractivity contribution in [3.05, 3.63) is 35.9 Å². The number of carbonyl (C=O) groups excluding carboxylic acids is 1. The maximum absolute atomic E-state index is 10.7. The van der Waals surface area contributed by atoms with Crippen LogP contribution >= 0.6 is 0 Å². The SMILES string of the molecule is CC(=O)NCC=Cc1ccc(-c2nn[nH]n2)cc1. The number of amides is 1. The van der Waals surface area contributed by atoms with Gasteiger partial charge in [0.15, 0.2) is 0 Å². The number of nitrogens with zero attached hydrogens (tertiary/aromatic N) is 3. The molecule has 0 aliphatic rings. The number of H-pyrrole nitrogens is 1. The molecule has 0 saturated heterocycles. The lowest BCUT2D eigenvalue weighted by Gasteiger charge is -1.97. The summed E-state index contributed by atoms with van der Waals surface area (Å²) in [5.74, 6) is 0.538. The number of nitrogens with one attached hydrogen (secondary N) is 2. The highest BCUT2D eigenvalue weighted by atomic mass is 16.1. The van der Waals surface area contributed by atoms with Crippen LogP contribution in [0.5, 0.6) is 0 Å². The minimum absolute atomic E-state index is 0.0351. The van der Waals surface area contributed by atoms with Crippen molar-refractivity contribution < 1.29 is 4.79 Å². The van der Waals surface area contributed by atoms with Gasteiger partial charge in [0.1, 0.15) is 0 Å². The van der Waals surface area contributed by atoms with E-state index < -0.39 is 0 Å². The van der Waals surface area contributed by atoms with E-state index in [1.165, 1.54) is 6.92 Å². The molecule has 0 aliphatic heterocycles. The molecule has 0 radical (unpaired) electrons. The van der Waals surface area contributed by atoms with Gasteiger partial charge in [0, 0.05) is 19.0 Å². The highest BCUT2D eigenvalue weighted by Crippen LogP contribution is 2.14. The van der Waals surface area contributed by atoms with Crippen molar-refractivity contribution in [2.45, 2.75) is 6.92 Å². The van der Waals surface area contributed by atoms with Gasteiger partial charge >= 0.3 is 0 Å². The third kappa shape index (κ3) is 3.24. The first-order valence-corrected chi connectivity index (χ1v) is 5.50. The molecule has 1 aromatic heterocycles. The first-order chi connectivity index (χ1) is 8.75. The van der Waals surface area contributed by atoms with Crippen LogP contribution in [0.15, 0.2) is 30.3 Å². The Labute approximate surface area is 104 Å². The first kappa shape index (κ1) is 12.0. The molecule has 2 aromatic rings. The first-order valence-electron chi connectivity index (χ1n) is 5.50. The van der Waals surface area contributed by atoms with E-state index in [0.29, 0.717) is 12.4 Å². The molecule has 0 aliphatic carbocycles. The Morgan fingerprint density at radius 2 is 2.17 bits per heavy atom. The van der Waals surface area contributed by atoms with Gasteiger partial charge in [-0.1, -0.05) is 36.4 Å². The van der Waals surface area contributed by atoms with Crippen LogP contribution < -0.4 is 5.32 Å². The summed E-state index contributed by atoms with van der Waals surface area (Å²) in [5.41, 5.74) is 1.95. The van der Waals surface area contributed by atoms with Crippen LogP contribution in [-0.4, -0.2) is 33.1 Å². The molecular weight excluding hydrogens is 230 g/mol. The van der Waals surface area contributed by atoms with Gasteiger partial charge in [0.05, 0.1) is 0 Å². The van der Waals surface area contributed by atoms with Crippen LogP contribution in [0.2, 0.25) is 0 Å². The van der Waals surface area contributed by atoms with Crippen molar-refractivity contribution >= 4 is 12.0 Å². The molecule has 1 heterocycles. The van der Waals surface area contributed by atoms with Gasteiger partial charge in [0.2, 0.25) is 11.7 Å². The van der Waals surface area contributed by atoms with Crippen LogP contribution in [0.3, 0.4) is 0 Å². The van der Waals surface area contributed by atoms with Crippen LogP contribution in [0, 0.1) is 0 Å². The number of hydrogen-bond acceptors (Lipinski definition) is 4. The van der Waals surface area contributed by atoms with Crippen molar-refractivity contribution in [2.75, 3.05) is 6.54 Å². The summed E-state index contributed by atoms with van der Waals surface area (Å²) < 4.78 is 0. The van der Waals surface area contributed by atoms with Crippen molar-refractivity contribution in [3.63, 3.8) is 0 Å². The summed E-state index contributed by atoms with van der Waals surface area (Å²) in [6.07, 6.45) is 3.83. The number of rotatable bonds is 4. The fourth-order valence-electron chi connectivity index (χ4n) is 1.43. The highest BCUT2D eigenvalue weighted by Gasteiger charge is 2.00. The fourth-order valence-corrected chi connectivity index (χ4v) is 1.43. The largest absolute Gasteiger partial charge is 0.353 e. The predicted molar refractivity (Wildman–Crippen MR) is 67.3 cm³/mol. The molecule has 6 nitrogen and oxygen atoms in total. The maximum atomic E-state index is 10.7. The summed E-state index contributed by atoms with van der Waals surface area (Å²) in [6.45, 7) is 2.02.